The van der Waals surface area contributed by atoms with Gasteiger partial charge in [-0.2, -0.15) is 0 Å². The molecule has 4 nitrogen and oxygen atoms in total. The summed E-state index contributed by atoms with van der Waals surface area (Å²) in [6, 6.07) is 20.4. The highest BCUT2D eigenvalue weighted by atomic mass is 16.2. The van der Waals surface area contributed by atoms with Gasteiger partial charge in [-0.25, -0.2) is 0 Å². The molecule has 1 saturated heterocycles. The number of fused-ring (bicyclic) bond motifs is 1. The Morgan fingerprint density at radius 1 is 1.00 bits per heavy atom. The molecule has 3 aromatic rings. The van der Waals surface area contributed by atoms with Crippen molar-refractivity contribution in [2.24, 2.45) is 5.92 Å². The summed E-state index contributed by atoms with van der Waals surface area (Å²) in [5, 5.41) is 5.42. The summed E-state index contributed by atoms with van der Waals surface area (Å²) < 4.78 is 0. The standard InChI is InChI=1S/C27H30N2O2/c1-3-20-11-6-9-19(2)26(20)28-27(31)23-14-8-16-29(18-23)25(30)17-22-13-7-12-21-10-4-5-15-24(21)22/h4-7,9-13,15,23H,3,8,14,16-18H2,1-2H3,(H,28,31)/t23-/m1/s1. The first-order chi connectivity index (χ1) is 15.1. The molecule has 1 aliphatic heterocycles. The van der Waals surface area contributed by atoms with Gasteiger partial charge < -0.3 is 10.2 Å². The number of nitrogens with one attached hydrogen (secondary N) is 1. The first-order valence-electron chi connectivity index (χ1n) is 11.2. The molecule has 0 aliphatic carbocycles. The van der Waals surface area contributed by atoms with Gasteiger partial charge in [-0.3, -0.25) is 9.59 Å². The zero-order valence-corrected chi connectivity index (χ0v) is 18.4. The summed E-state index contributed by atoms with van der Waals surface area (Å²) in [6.45, 7) is 5.33. The fourth-order valence-electron chi connectivity index (χ4n) is 4.57. The second-order valence-corrected chi connectivity index (χ2v) is 8.45. The Balaban J connectivity index is 1.44. The minimum absolute atomic E-state index is 0.0201. The predicted octanol–water partition coefficient (Wildman–Crippen LogP) is 5.13. The highest BCUT2D eigenvalue weighted by Crippen LogP contribution is 2.25. The van der Waals surface area contributed by atoms with E-state index in [4.69, 9.17) is 0 Å². The maximum Gasteiger partial charge on any atom is 0.229 e. The number of anilines is 1. The average molecular weight is 415 g/mol. The van der Waals surface area contributed by atoms with Gasteiger partial charge in [0.05, 0.1) is 12.3 Å². The zero-order chi connectivity index (χ0) is 21.8. The van der Waals surface area contributed by atoms with E-state index < -0.39 is 0 Å². The molecule has 4 heteroatoms. The molecule has 0 saturated carbocycles. The van der Waals surface area contributed by atoms with Crippen molar-refractivity contribution in [2.45, 2.75) is 39.5 Å². The Kier molecular flexibility index (Phi) is 6.36. The third-order valence-electron chi connectivity index (χ3n) is 6.35. The summed E-state index contributed by atoms with van der Waals surface area (Å²) >= 11 is 0. The number of carbonyl (C=O) groups is 2. The van der Waals surface area contributed by atoms with Crippen LogP contribution in [0.5, 0.6) is 0 Å². The van der Waals surface area contributed by atoms with Crippen LogP contribution in [0.15, 0.2) is 60.7 Å². The average Bonchev–Trinajstić information content (AvgIpc) is 2.80. The first-order valence-corrected chi connectivity index (χ1v) is 11.2. The molecule has 0 unspecified atom stereocenters. The third-order valence-corrected chi connectivity index (χ3v) is 6.35. The molecule has 160 valence electrons. The van der Waals surface area contributed by atoms with E-state index in [9.17, 15) is 9.59 Å². The molecule has 3 aromatic carbocycles. The first kappa shape index (κ1) is 21.1. The second kappa shape index (κ2) is 9.34. The number of likely N-dealkylation sites (tertiary alicyclic amines) is 1. The monoisotopic (exact) mass is 414 g/mol. The summed E-state index contributed by atoms with van der Waals surface area (Å²) in [7, 11) is 0. The molecular formula is C27H30N2O2. The smallest absolute Gasteiger partial charge is 0.229 e. The Morgan fingerprint density at radius 2 is 1.74 bits per heavy atom. The molecule has 4 rings (SSSR count). The fourth-order valence-corrected chi connectivity index (χ4v) is 4.57. The molecule has 1 atom stereocenters. The van der Waals surface area contributed by atoms with Crippen molar-refractivity contribution in [1.82, 2.24) is 4.90 Å². The highest BCUT2D eigenvalue weighted by molar-refractivity contribution is 5.95. The SMILES string of the molecule is CCc1cccc(C)c1NC(=O)[C@@H]1CCCN(C(=O)Cc2cccc3ccccc23)C1. The van der Waals surface area contributed by atoms with Crippen LogP contribution >= 0.6 is 0 Å². The van der Waals surface area contributed by atoms with E-state index >= 15 is 0 Å². The second-order valence-electron chi connectivity index (χ2n) is 8.45. The molecule has 0 radical (unpaired) electrons. The van der Waals surface area contributed by atoms with Crippen LogP contribution in [0, 0.1) is 12.8 Å². The summed E-state index contributed by atoms with van der Waals surface area (Å²) in [5.74, 6) is -0.0554. The number of benzene rings is 3. The van der Waals surface area contributed by atoms with Crippen molar-refractivity contribution in [3.8, 4) is 0 Å². The van der Waals surface area contributed by atoms with Crippen molar-refractivity contribution in [3.05, 3.63) is 77.4 Å². The lowest BCUT2D eigenvalue weighted by Gasteiger charge is -2.32. The topological polar surface area (TPSA) is 49.4 Å². The van der Waals surface area contributed by atoms with Gasteiger partial charge in [0.1, 0.15) is 0 Å². The minimum Gasteiger partial charge on any atom is -0.342 e. The van der Waals surface area contributed by atoms with E-state index in [2.05, 4.69) is 36.5 Å². The largest absolute Gasteiger partial charge is 0.342 e. The van der Waals surface area contributed by atoms with Crippen molar-refractivity contribution in [1.29, 1.82) is 0 Å². The van der Waals surface area contributed by atoms with Gasteiger partial charge in [0.2, 0.25) is 11.8 Å². The van der Waals surface area contributed by atoms with Gasteiger partial charge in [0.25, 0.3) is 0 Å². The highest BCUT2D eigenvalue weighted by Gasteiger charge is 2.29. The van der Waals surface area contributed by atoms with Gasteiger partial charge in [0, 0.05) is 18.8 Å². The molecule has 0 spiro atoms. The Labute approximate surface area is 184 Å². The number of para-hydroxylation sites is 1. The molecule has 0 aromatic heterocycles. The minimum atomic E-state index is -0.172. The number of hydrogen-bond donors (Lipinski definition) is 1. The van der Waals surface area contributed by atoms with E-state index in [1.165, 1.54) is 0 Å². The number of aryl methyl sites for hydroxylation is 2. The fraction of sp³-hybridized carbons (Fsp3) is 0.333. The van der Waals surface area contributed by atoms with Crippen molar-refractivity contribution in [3.63, 3.8) is 0 Å². The van der Waals surface area contributed by atoms with E-state index in [0.29, 0.717) is 13.0 Å². The van der Waals surface area contributed by atoms with Gasteiger partial charge in [-0.1, -0.05) is 67.6 Å². The van der Waals surface area contributed by atoms with Gasteiger partial charge in [-0.15, -0.1) is 0 Å². The number of amides is 2. The Morgan fingerprint density at radius 3 is 2.58 bits per heavy atom. The van der Waals surface area contributed by atoms with Crippen molar-refractivity contribution < 1.29 is 9.59 Å². The Hall–Kier alpha value is -3.14. The van der Waals surface area contributed by atoms with Crippen LogP contribution in [0.1, 0.15) is 36.5 Å². The van der Waals surface area contributed by atoms with Crippen LogP contribution in [0.3, 0.4) is 0 Å². The van der Waals surface area contributed by atoms with Gasteiger partial charge in [-0.05, 0) is 53.6 Å². The van der Waals surface area contributed by atoms with Gasteiger partial charge in [0.15, 0.2) is 0 Å². The van der Waals surface area contributed by atoms with E-state index in [1.807, 2.05) is 48.2 Å². The molecule has 0 bridgehead atoms. The van der Waals surface area contributed by atoms with Gasteiger partial charge >= 0.3 is 0 Å². The molecule has 1 fully saturated rings. The third kappa shape index (κ3) is 4.63. The van der Waals surface area contributed by atoms with Crippen LogP contribution in [0.25, 0.3) is 10.8 Å². The van der Waals surface area contributed by atoms with Crippen LogP contribution in [-0.4, -0.2) is 29.8 Å². The predicted molar refractivity (Wildman–Crippen MR) is 126 cm³/mol. The van der Waals surface area contributed by atoms with Crippen LogP contribution in [0.2, 0.25) is 0 Å². The van der Waals surface area contributed by atoms with E-state index in [1.54, 1.807) is 0 Å². The molecule has 1 N–H and O–H groups in total. The number of rotatable bonds is 5. The van der Waals surface area contributed by atoms with Crippen molar-refractivity contribution >= 4 is 28.3 Å². The quantitative estimate of drug-likeness (QED) is 0.629. The van der Waals surface area contributed by atoms with Crippen LogP contribution in [0.4, 0.5) is 5.69 Å². The summed E-state index contributed by atoms with van der Waals surface area (Å²) in [5.41, 5.74) is 4.19. The number of carbonyl (C=O) groups excluding carboxylic acids is 2. The lowest BCUT2D eigenvalue weighted by Crippen LogP contribution is -2.44. The lowest BCUT2D eigenvalue weighted by molar-refractivity contribution is -0.133. The molecule has 1 aliphatic rings. The maximum atomic E-state index is 13.1. The summed E-state index contributed by atoms with van der Waals surface area (Å²) in [6.07, 6.45) is 2.91. The van der Waals surface area contributed by atoms with E-state index in [0.717, 1.165) is 59.0 Å². The lowest BCUT2D eigenvalue weighted by atomic mass is 9.95. The molecular weight excluding hydrogens is 384 g/mol. The maximum absolute atomic E-state index is 13.1. The number of hydrogen-bond acceptors (Lipinski definition) is 2. The summed E-state index contributed by atoms with van der Waals surface area (Å²) in [4.78, 5) is 28.0. The zero-order valence-electron chi connectivity index (χ0n) is 18.4. The Bertz CT molecular complexity index is 1100. The van der Waals surface area contributed by atoms with Crippen LogP contribution < -0.4 is 5.32 Å². The molecule has 2 amide bonds. The molecule has 1 heterocycles. The van der Waals surface area contributed by atoms with E-state index in [-0.39, 0.29) is 17.7 Å². The molecule has 31 heavy (non-hydrogen) atoms. The number of nitrogens with zero attached hydrogens (tertiary/aromatic N) is 1. The number of piperidine rings is 1. The van der Waals surface area contributed by atoms with Crippen LogP contribution in [-0.2, 0) is 22.4 Å². The van der Waals surface area contributed by atoms with Crippen molar-refractivity contribution in [2.75, 3.05) is 18.4 Å². The normalized spacial score (nSPS) is 16.3.